The number of ether oxygens (including phenoxy) is 2. The SMILES string of the molecule is COC(=O)c1c(C)nc(C)c(C(=O)OC)c1-c1cccc(N=C=O)c1. The summed E-state index contributed by atoms with van der Waals surface area (Å²) >= 11 is 0. The van der Waals surface area contributed by atoms with Gasteiger partial charge in [-0.1, -0.05) is 12.1 Å². The number of aryl methyl sites for hydroxylation is 2. The Morgan fingerprint density at radius 1 is 1.04 bits per heavy atom. The Balaban J connectivity index is 2.93. The average Bonchev–Trinajstić information content (AvgIpc) is 2.60. The van der Waals surface area contributed by atoms with Crippen molar-refractivity contribution in [1.29, 1.82) is 0 Å². The summed E-state index contributed by atoms with van der Waals surface area (Å²) in [7, 11) is 2.49. The van der Waals surface area contributed by atoms with Crippen LogP contribution in [0, 0.1) is 13.8 Å². The largest absolute Gasteiger partial charge is 0.465 e. The fourth-order valence-electron chi connectivity index (χ4n) is 2.63. The van der Waals surface area contributed by atoms with Gasteiger partial charge in [0.15, 0.2) is 0 Å². The third-order valence-electron chi connectivity index (χ3n) is 3.65. The van der Waals surface area contributed by atoms with Crippen LogP contribution in [0.25, 0.3) is 11.1 Å². The van der Waals surface area contributed by atoms with Crippen molar-refractivity contribution >= 4 is 23.7 Å². The molecule has 2 rings (SSSR count). The first-order valence-electron chi connectivity index (χ1n) is 7.30. The average molecular weight is 340 g/mol. The van der Waals surface area contributed by atoms with Crippen LogP contribution in [0.3, 0.4) is 0 Å². The number of isocyanates is 1. The lowest BCUT2D eigenvalue weighted by Gasteiger charge is -2.17. The van der Waals surface area contributed by atoms with Crippen LogP contribution in [0.1, 0.15) is 32.1 Å². The van der Waals surface area contributed by atoms with Crippen molar-refractivity contribution in [2.24, 2.45) is 4.99 Å². The zero-order valence-electron chi connectivity index (χ0n) is 14.2. The Hall–Kier alpha value is -3.31. The highest BCUT2D eigenvalue weighted by molar-refractivity contribution is 6.07. The van der Waals surface area contributed by atoms with E-state index in [2.05, 4.69) is 9.98 Å². The Labute approximate surface area is 144 Å². The van der Waals surface area contributed by atoms with Gasteiger partial charge in [-0.3, -0.25) is 4.98 Å². The lowest BCUT2D eigenvalue weighted by atomic mass is 9.92. The number of carbonyl (C=O) groups excluding carboxylic acids is 3. The zero-order valence-corrected chi connectivity index (χ0v) is 14.2. The summed E-state index contributed by atoms with van der Waals surface area (Å²) in [6.07, 6.45) is 1.46. The van der Waals surface area contributed by atoms with E-state index in [0.29, 0.717) is 28.2 Å². The first-order valence-corrected chi connectivity index (χ1v) is 7.30. The summed E-state index contributed by atoms with van der Waals surface area (Å²) in [4.78, 5) is 43.0. The van der Waals surface area contributed by atoms with E-state index in [1.54, 1.807) is 38.1 Å². The quantitative estimate of drug-likeness (QED) is 0.482. The van der Waals surface area contributed by atoms with Crippen LogP contribution >= 0.6 is 0 Å². The van der Waals surface area contributed by atoms with Gasteiger partial charge in [0.1, 0.15) is 0 Å². The minimum absolute atomic E-state index is 0.153. The topological polar surface area (TPSA) is 94.9 Å². The molecule has 0 aliphatic rings. The molecule has 2 aromatic rings. The molecule has 7 heteroatoms. The second-order valence-corrected chi connectivity index (χ2v) is 5.14. The van der Waals surface area contributed by atoms with E-state index in [1.807, 2.05) is 0 Å². The number of aliphatic imine (C=N–C) groups is 1. The predicted octanol–water partition coefficient (Wildman–Crippen LogP) is 2.91. The molecule has 0 aliphatic heterocycles. The van der Waals surface area contributed by atoms with E-state index in [1.165, 1.54) is 20.3 Å². The van der Waals surface area contributed by atoms with Gasteiger partial charge in [0.05, 0.1) is 42.4 Å². The molecule has 1 aromatic heterocycles. The summed E-state index contributed by atoms with van der Waals surface area (Å²) in [6, 6.07) is 6.51. The molecule has 0 spiro atoms. The number of hydrogen-bond acceptors (Lipinski definition) is 7. The molecule has 0 amide bonds. The van der Waals surface area contributed by atoms with Crippen LogP contribution in [0.5, 0.6) is 0 Å². The molecule has 1 aromatic carbocycles. The second kappa shape index (κ2) is 7.51. The number of pyridine rings is 1. The second-order valence-electron chi connectivity index (χ2n) is 5.14. The number of aromatic nitrogens is 1. The monoisotopic (exact) mass is 340 g/mol. The Morgan fingerprint density at radius 2 is 1.60 bits per heavy atom. The van der Waals surface area contributed by atoms with Gasteiger partial charge in [0.2, 0.25) is 6.08 Å². The number of methoxy groups -OCH3 is 2. The maximum absolute atomic E-state index is 12.3. The molecule has 0 radical (unpaired) electrons. The third-order valence-corrected chi connectivity index (χ3v) is 3.65. The normalized spacial score (nSPS) is 9.92. The molecular formula is C18H16N2O5. The summed E-state index contributed by atoms with van der Waals surface area (Å²) in [5.41, 5.74) is 2.30. The maximum Gasteiger partial charge on any atom is 0.340 e. The van der Waals surface area contributed by atoms with Crippen molar-refractivity contribution in [3.05, 3.63) is 46.8 Å². The summed E-state index contributed by atoms with van der Waals surface area (Å²) in [6.45, 7) is 3.30. The van der Waals surface area contributed by atoms with Crippen LogP contribution in [0.4, 0.5) is 5.69 Å². The van der Waals surface area contributed by atoms with E-state index in [0.717, 1.165) is 0 Å². The molecule has 0 bridgehead atoms. The highest BCUT2D eigenvalue weighted by Gasteiger charge is 2.27. The van der Waals surface area contributed by atoms with E-state index in [9.17, 15) is 14.4 Å². The lowest BCUT2D eigenvalue weighted by Crippen LogP contribution is -2.16. The smallest absolute Gasteiger partial charge is 0.340 e. The predicted molar refractivity (Wildman–Crippen MR) is 89.6 cm³/mol. The molecule has 0 saturated heterocycles. The van der Waals surface area contributed by atoms with Gasteiger partial charge in [-0.05, 0) is 31.5 Å². The van der Waals surface area contributed by atoms with Crippen LogP contribution in [-0.4, -0.2) is 37.2 Å². The molecule has 25 heavy (non-hydrogen) atoms. The lowest BCUT2D eigenvalue weighted by molar-refractivity contribution is 0.0599. The first kappa shape index (κ1) is 18.0. The molecule has 128 valence electrons. The van der Waals surface area contributed by atoms with Gasteiger partial charge in [-0.2, -0.15) is 4.99 Å². The zero-order chi connectivity index (χ0) is 18.6. The Kier molecular flexibility index (Phi) is 5.41. The highest BCUT2D eigenvalue weighted by atomic mass is 16.5. The molecular weight excluding hydrogens is 324 g/mol. The Morgan fingerprint density at radius 3 is 2.08 bits per heavy atom. The molecule has 7 nitrogen and oxygen atoms in total. The van der Waals surface area contributed by atoms with E-state index in [4.69, 9.17) is 9.47 Å². The summed E-state index contributed by atoms with van der Waals surface area (Å²) in [5.74, 6) is -1.26. The standard InChI is InChI=1S/C18H16N2O5/c1-10-14(17(22)24-3)16(15(11(2)20-10)18(23)25-4)12-6-5-7-13(8-12)19-9-21/h5-8H,1-4H3. The molecule has 0 aliphatic carbocycles. The van der Waals surface area contributed by atoms with Gasteiger partial charge < -0.3 is 9.47 Å². The fraction of sp³-hybridized carbons (Fsp3) is 0.222. The minimum Gasteiger partial charge on any atom is -0.465 e. The van der Waals surface area contributed by atoms with Crippen molar-refractivity contribution in [2.45, 2.75) is 13.8 Å². The van der Waals surface area contributed by atoms with Gasteiger partial charge in [-0.25, -0.2) is 14.4 Å². The maximum atomic E-state index is 12.3. The van der Waals surface area contributed by atoms with E-state index < -0.39 is 11.9 Å². The molecule has 0 fully saturated rings. The van der Waals surface area contributed by atoms with Crippen LogP contribution in [-0.2, 0) is 14.3 Å². The van der Waals surface area contributed by atoms with E-state index in [-0.39, 0.29) is 11.1 Å². The van der Waals surface area contributed by atoms with Crippen LogP contribution < -0.4 is 0 Å². The van der Waals surface area contributed by atoms with Crippen molar-refractivity contribution in [2.75, 3.05) is 14.2 Å². The van der Waals surface area contributed by atoms with E-state index >= 15 is 0 Å². The molecule has 1 heterocycles. The van der Waals surface area contributed by atoms with Crippen molar-refractivity contribution < 1.29 is 23.9 Å². The summed E-state index contributed by atoms with van der Waals surface area (Å²) < 4.78 is 9.70. The van der Waals surface area contributed by atoms with Gasteiger partial charge >= 0.3 is 11.9 Å². The molecule has 0 unspecified atom stereocenters. The van der Waals surface area contributed by atoms with Crippen LogP contribution in [0.2, 0.25) is 0 Å². The van der Waals surface area contributed by atoms with Crippen molar-refractivity contribution in [3.63, 3.8) is 0 Å². The fourth-order valence-corrected chi connectivity index (χ4v) is 2.63. The Bertz CT molecular complexity index is 858. The highest BCUT2D eigenvalue weighted by Crippen LogP contribution is 2.34. The molecule has 0 N–H and O–H groups in total. The van der Waals surface area contributed by atoms with Crippen molar-refractivity contribution in [3.8, 4) is 11.1 Å². The number of rotatable bonds is 4. The van der Waals surface area contributed by atoms with Crippen molar-refractivity contribution in [1.82, 2.24) is 4.98 Å². The third kappa shape index (κ3) is 3.46. The van der Waals surface area contributed by atoms with Gasteiger partial charge in [0.25, 0.3) is 0 Å². The number of carbonyl (C=O) groups is 2. The van der Waals surface area contributed by atoms with Crippen LogP contribution in [0.15, 0.2) is 29.3 Å². The number of hydrogen-bond donors (Lipinski definition) is 0. The number of benzene rings is 1. The molecule has 0 atom stereocenters. The molecule has 0 saturated carbocycles. The number of esters is 2. The first-order chi connectivity index (χ1) is 11.9. The minimum atomic E-state index is -0.630. The van der Waals surface area contributed by atoms with Gasteiger partial charge in [-0.15, -0.1) is 0 Å². The van der Waals surface area contributed by atoms with Gasteiger partial charge in [0, 0.05) is 5.56 Å². The number of nitrogens with zero attached hydrogens (tertiary/aromatic N) is 2. The summed E-state index contributed by atoms with van der Waals surface area (Å²) in [5, 5.41) is 0.